The number of halogens is 3. The molecule has 9 nitrogen and oxygen atoms in total. The number of piperidine rings is 1. The highest BCUT2D eigenvalue weighted by atomic mass is 32.1. The quantitative estimate of drug-likeness (QED) is 0.426. The number of hydrogen-bond acceptors (Lipinski definition) is 7. The first kappa shape index (κ1) is 28.5. The highest BCUT2D eigenvalue weighted by Crippen LogP contribution is 2.27. The largest absolute Gasteiger partial charge is 0.360 e. The Morgan fingerprint density at radius 1 is 1.29 bits per heavy atom. The van der Waals surface area contributed by atoms with E-state index >= 15 is 0 Å². The van der Waals surface area contributed by atoms with Crippen molar-refractivity contribution in [2.45, 2.75) is 32.2 Å². The summed E-state index contributed by atoms with van der Waals surface area (Å²) in [5, 5.41) is 17.2. The van der Waals surface area contributed by atoms with Gasteiger partial charge in [-0.15, -0.1) is 17.8 Å². The molecule has 13 heteroatoms. The number of terminal acetylenes is 1. The number of amides is 2. The van der Waals surface area contributed by atoms with Gasteiger partial charge in [-0.1, -0.05) is 5.92 Å². The topological polar surface area (TPSA) is 119 Å². The highest BCUT2D eigenvalue weighted by Gasteiger charge is 2.34. The Morgan fingerprint density at radius 2 is 2.00 bits per heavy atom. The molecule has 1 aromatic carbocycles. The van der Waals surface area contributed by atoms with E-state index in [1.54, 1.807) is 11.8 Å². The smallest absolute Gasteiger partial charge is 0.270 e. The molecule has 0 unspecified atom stereocenters. The molecule has 1 fully saturated rings. The van der Waals surface area contributed by atoms with Gasteiger partial charge in [0.05, 0.1) is 18.8 Å². The van der Waals surface area contributed by atoms with Crippen LogP contribution in [0.4, 0.5) is 24.5 Å². The molecule has 1 aromatic heterocycles. The molecular formula is C25H25F3N6O3S. The molecule has 1 saturated heterocycles. The van der Waals surface area contributed by atoms with E-state index in [1.165, 1.54) is 22.9 Å². The molecule has 38 heavy (non-hydrogen) atoms. The summed E-state index contributed by atoms with van der Waals surface area (Å²) in [6, 6.07) is 5.64. The molecule has 2 aromatic rings. The van der Waals surface area contributed by atoms with Crippen LogP contribution in [0.5, 0.6) is 0 Å². The van der Waals surface area contributed by atoms with Gasteiger partial charge in [0.15, 0.2) is 5.57 Å². The van der Waals surface area contributed by atoms with Crippen LogP contribution in [0.3, 0.4) is 0 Å². The molecule has 3 N–H and O–H groups in total. The first-order valence-corrected chi connectivity index (χ1v) is 12.4. The van der Waals surface area contributed by atoms with Gasteiger partial charge in [0.1, 0.15) is 21.1 Å². The lowest BCUT2D eigenvalue weighted by molar-refractivity contribution is -0.119. The molecule has 2 heterocycles. The van der Waals surface area contributed by atoms with Gasteiger partial charge < -0.3 is 16.0 Å². The molecule has 2 amide bonds. The molecule has 0 saturated carbocycles. The summed E-state index contributed by atoms with van der Waals surface area (Å²) >= 11 is 0.919. The Kier molecular flexibility index (Phi) is 9.34. The zero-order chi connectivity index (χ0) is 27.9. The average Bonchev–Trinajstić information content (AvgIpc) is 3.19. The van der Waals surface area contributed by atoms with Gasteiger partial charge in [-0.25, -0.2) is 13.2 Å². The number of likely N-dealkylation sites (tertiary alicyclic amines) is 1. The molecule has 0 radical (unpaired) electrons. The maximum Gasteiger partial charge on any atom is 0.270 e. The Morgan fingerprint density at radius 3 is 2.63 bits per heavy atom. The normalized spacial score (nSPS) is 16.2. The van der Waals surface area contributed by atoms with E-state index in [2.05, 4.69) is 21.9 Å². The van der Waals surface area contributed by atoms with Gasteiger partial charge in [0.25, 0.3) is 17.4 Å². The van der Waals surface area contributed by atoms with Crippen molar-refractivity contribution in [2.24, 2.45) is 0 Å². The standard InChI is InChI=1S/C25H25F3N6O3S/c1-3-9-30-22(36)17(13-29)24-34(4-2)23(37)20(38-24)14-31-16-5-6-18(26)19(12-16)32-21(35)15-33-10-7-25(27,28)8-11-33/h1,5-6,12,14,31H,4,7-11,15H2,2H3,(H,30,36)(H,32,35)/b20-14+,24-17-. The number of thiazole rings is 1. The van der Waals surface area contributed by atoms with Crippen LogP contribution in [0.25, 0.3) is 11.8 Å². The van der Waals surface area contributed by atoms with Crippen molar-refractivity contribution >= 4 is 46.3 Å². The number of nitriles is 1. The summed E-state index contributed by atoms with van der Waals surface area (Å²) in [6.45, 7) is 1.79. The van der Waals surface area contributed by atoms with E-state index in [4.69, 9.17) is 6.42 Å². The minimum atomic E-state index is -2.73. The Balaban J connectivity index is 1.80. The third-order valence-electron chi connectivity index (χ3n) is 5.69. The fourth-order valence-electron chi connectivity index (χ4n) is 3.70. The van der Waals surface area contributed by atoms with E-state index in [0.29, 0.717) is 5.69 Å². The second-order valence-corrected chi connectivity index (χ2v) is 9.39. The summed E-state index contributed by atoms with van der Waals surface area (Å²) in [4.78, 5) is 39.1. The van der Waals surface area contributed by atoms with Gasteiger partial charge in [0, 0.05) is 44.4 Å². The minimum Gasteiger partial charge on any atom is -0.360 e. The van der Waals surface area contributed by atoms with E-state index in [0.717, 1.165) is 17.4 Å². The van der Waals surface area contributed by atoms with Crippen molar-refractivity contribution < 1.29 is 22.8 Å². The molecule has 0 spiro atoms. The van der Waals surface area contributed by atoms with Crippen molar-refractivity contribution in [2.75, 3.05) is 36.8 Å². The molecule has 3 rings (SSSR count). The lowest BCUT2D eigenvalue weighted by Gasteiger charge is -2.31. The van der Waals surface area contributed by atoms with Crippen LogP contribution < -0.4 is 30.7 Å². The number of benzene rings is 1. The fraction of sp³-hybridized carbons (Fsp3) is 0.360. The van der Waals surface area contributed by atoms with Crippen molar-refractivity contribution in [3.05, 3.63) is 43.6 Å². The number of aromatic nitrogens is 1. The number of carbonyl (C=O) groups is 2. The van der Waals surface area contributed by atoms with Gasteiger partial charge in [0.2, 0.25) is 5.91 Å². The van der Waals surface area contributed by atoms with Crippen molar-refractivity contribution in [1.82, 2.24) is 14.8 Å². The fourth-order valence-corrected chi connectivity index (χ4v) is 4.79. The number of anilines is 2. The van der Waals surface area contributed by atoms with E-state index in [-0.39, 0.29) is 66.0 Å². The number of rotatable bonds is 8. The second kappa shape index (κ2) is 12.4. The number of hydrogen-bond donors (Lipinski definition) is 3. The summed E-state index contributed by atoms with van der Waals surface area (Å²) in [5.74, 6) is -2.45. The number of alkyl halides is 2. The Bertz CT molecular complexity index is 1480. The van der Waals surface area contributed by atoms with Gasteiger partial charge in [-0.05, 0) is 25.1 Å². The van der Waals surface area contributed by atoms with Crippen LogP contribution in [0, 0.1) is 29.5 Å². The summed E-state index contributed by atoms with van der Waals surface area (Å²) in [7, 11) is 0. The predicted molar refractivity (Wildman–Crippen MR) is 138 cm³/mol. The maximum absolute atomic E-state index is 14.3. The molecule has 0 aliphatic carbocycles. The van der Waals surface area contributed by atoms with Crippen molar-refractivity contribution in [3.8, 4) is 18.4 Å². The maximum atomic E-state index is 14.3. The van der Waals surface area contributed by atoms with Crippen molar-refractivity contribution in [3.63, 3.8) is 0 Å². The van der Waals surface area contributed by atoms with E-state index in [1.807, 2.05) is 6.07 Å². The van der Waals surface area contributed by atoms with E-state index in [9.17, 15) is 32.8 Å². The lowest BCUT2D eigenvalue weighted by atomic mass is 10.1. The van der Waals surface area contributed by atoms with Crippen LogP contribution in [0.1, 0.15) is 19.8 Å². The van der Waals surface area contributed by atoms with Gasteiger partial charge in [-0.2, -0.15) is 5.26 Å². The number of carbonyl (C=O) groups excluding carboxylic acids is 2. The summed E-state index contributed by atoms with van der Waals surface area (Å²) in [6.07, 6.45) is 5.82. The van der Waals surface area contributed by atoms with Crippen LogP contribution >= 0.6 is 11.3 Å². The third kappa shape index (κ3) is 7.03. The van der Waals surface area contributed by atoms with Crippen LogP contribution in [-0.4, -0.2) is 53.4 Å². The first-order valence-electron chi connectivity index (χ1n) is 11.6. The highest BCUT2D eigenvalue weighted by molar-refractivity contribution is 7.07. The van der Waals surface area contributed by atoms with Crippen molar-refractivity contribution in [1.29, 1.82) is 5.26 Å². The average molecular weight is 547 g/mol. The summed E-state index contributed by atoms with van der Waals surface area (Å²) < 4.78 is 42.6. The zero-order valence-corrected chi connectivity index (χ0v) is 21.3. The second-order valence-electron chi connectivity index (χ2n) is 8.36. The van der Waals surface area contributed by atoms with Crippen LogP contribution in [0.2, 0.25) is 0 Å². The van der Waals surface area contributed by atoms with E-state index < -0.39 is 29.1 Å². The Hall–Kier alpha value is -4.07. The SMILES string of the molecule is C#CCNC(=O)/C(C#N)=c1\s/c(=C/Nc2ccc(F)c(NC(=O)CN3CCC(F)(F)CC3)c2)c(=O)n1CC. The monoisotopic (exact) mass is 546 g/mol. The van der Waals surface area contributed by atoms with Crippen LogP contribution in [-0.2, 0) is 16.1 Å². The first-order chi connectivity index (χ1) is 18.1. The van der Waals surface area contributed by atoms with Crippen LogP contribution in [0.15, 0.2) is 23.0 Å². The molecule has 200 valence electrons. The number of nitrogens with one attached hydrogen (secondary N) is 3. The third-order valence-corrected chi connectivity index (χ3v) is 6.82. The Labute approximate surface area is 220 Å². The molecule has 1 aliphatic rings. The summed E-state index contributed by atoms with van der Waals surface area (Å²) in [5.41, 5.74) is -0.486. The predicted octanol–water partition coefficient (Wildman–Crippen LogP) is 1.01. The molecule has 0 atom stereocenters. The zero-order valence-electron chi connectivity index (χ0n) is 20.4. The van der Waals surface area contributed by atoms with Gasteiger partial charge in [-0.3, -0.25) is 23.9 Å². The minimum absolute atomic E-state index is 0.0636. The lowest BCUT2D eigenvalue weighted by Crippen LogP contribution is -2.43. The van der Waals surface area contributed by atoms with Gasteiger partial charge >= 0.3 is 0 Å². The molecule has 1 aliphatic heterocycles. The molecule has 0 bridgehead atoms. The number of nitrogens with zero attached hydrogens (tertiary/aromatic N) is 3. The molecular weight excluding hydrogens is 521 g/mol.